The first kappa shape index (κ1) is 37.6. The second-order valence-electron chi connectivity index (χ2n) is 20.8. The van der Waals surface area contributed by atoms with Gasteiger partial charge in [-0.3, -0.25) is 0 Å². The molecule has 0 heteroatoms. The lowest BCUT2D eigenvalue weighted by atomic mass is 9.60. The summed E-state index contributed by atoms with van der Waals surface area (Å²) < 4.78 is 0. The molecule has 0 radical (unpaired) electrons. The molecule has 0 spiro atoms. The predicted molar refractivity (Wildman–Crippen MR) is 196 cm³/mol. The van der Waals surface area contributed by atoms with Gasteiger partial charge in [-0.05, 0) is 94.4 Å². The van der Waals surface area contributed by atoms with Crippen LogP contribution in [0.1, 0.15) is 215 Å². The van der Waals surface area contributed by atoms with Gasteiger partial charge in [-0.15, -0.1) is 0 Å². The lowest BCUT2D eigenvalue weighted by Gasteiger charge is -2.44. The minimum Gasteiger partial charge on any atom is -0.0645 e. The molecule has 0 heterocycles. The van der Waals surface area contributed by atoms with E-state index in [0.717, 1.165) is 6.42 Å². The molecule has 0 bridgehead atoms. The van der Waals surface area contributed by atoms with Crippen LogP contribution in [0, 0.1) is 0 Å². The zero-order valence-electron chi connectivity index (χ0n) is 33.0. The van der Waals surface area contributed by atoms with Crippen LogP contribution in [0.5, 0.6) is 0 Å². The van der Waals surface area contributed by atoms with Gasteiger partial charge < -0.3 is 0 Å². The van der Waals surface area contributed by atoms with Crippen LogP contribution in [0.25, 0.3) is 0 Å². The minimum atomic E-state index is -0.00305. The Morgan fingerprint density at radius 2 is 0.744 bits per heavy atom. The second-order valence-corrected chi connectivity index (χ2v) is 20.8. The molecule has 0 nitrogen and oxygen atoms in total. The van der Waals surface area contributed by atoms with E-state index < -0.39 is 0 Å². The Balaban J connectivity index is 3.47. The van der Waals surface area contributed by atoms with Crippen LogP contribution in [0.4, 0.5) is 0 Å². The fraction of sp³-hybridized carbons (Fsp3) is 0.721. The van der Waals surface area contributed by atoms with Crippen molar-refractivity contribution < 1.29 is 0 Å². The SMILES string of the molecule is CCC(c1cc(C(C)(C)C)c(C(C)(C)C)c(C(C)(C)C)c1C(C)(C)C)c1c(C(C)(C)C)cc(C(C)(C)C)cc1C(C)(C)C. The Hall–Kier alpha value is -1.56. The largest absolute Gasteiger partial charge is 0.0645 e. The number of rotatable bonds is 3. The molecule has 0 aliphatic heterocycles. The third-order valence-electron chi connectivity index (χ3n) is 9.21. The summed E-state index contributed by atoms with van der Waals surface area (Å²) in [6, 6.07) is 7.83. The van der Waals surface area contributed by atoms with E-state index in [1.165, 1.54) is 22.3 Å². The molecular weight excluding hydrogens is 516 g/mol. The van der Waals surface area contributed by atoms with E-state index >= 15 is 0 Å². The Morgan fingerprint density at radius 3 is 1.00 bits per heavy atom. The number of benzene rings is 2. The van der Waals surface area contributed by atoms with Gasteiger partial charge in [-0.1, -0.05) is 171 Å². The highest BCUT2D eigenvalue weighted by molar-refractivity contribution is 5.61. The van der Waals surface area contributed by atoms with Crippen LogP contribution in [-0.2, 0) is 37.9 Å². The molecule has 1 unspecified atom stereocenters. The summed E-state index contributed by atoms with van der Waals surface area (Å²) in [4.78, 5) is 0. The van der Waals surface area contributed by atoms with E-state index in [1.807, 2.05) is 0 Å². The molecule has 0 amide bonds. The Kier molecular flexibility index (Phi) is 9.93. The van der Waals surface area contributed by atoms with Gasteiger partial charge in [-0.2, -0.15) is 0 Å². The van der Waals surface area contributed by atoms with Crippen molar-refractivity contribution in [3.05, 3.63) is 68.3 Å². The van der Waals surface area contributed by atoms with Crippen molar-refractivity contribution in [1.82, 2.24) is 0 Å². The van der Waals surface area contributed by atoms with E-state index in [2.05, 4.69) is 171 Å². The molecule has 1 atom stereocenters. The lowest BCUT2D eigenvalue weighted by molar-refractivity contribution is 0.469. The van der Waals surface area contributed by atoms with Gasteiger partial charge in [0, 0.05) is 5.92 Å². The van der Waals surface area contributed by atoms with E-state index in [9.17, 15) is 0 Å². The summed E-state index contributed by atoms with van der Waals surface area (Å²) in [5.41, 5.74) is 14.1. The van der Waals surface area contributed by atoms with E-state index in [-0.39, 0.29) is 37.9 Å². The Labute approximate surface area is 270 Å². The summed E-state index contributed by atoms with van der Waals surface area (Å²) in [6.45, 7) is 53.3. The first-order chi connectivity index (χ1) is 18.8. The van der Waals surface area contributed by atoms with Gasteiger partial charge in [0.25, 0.3) is 0 Å². The van der Waals surface area contributed by atoms with Gasteiger partial charge in [0.2, 0.25) is 0 Å². The topological polar surface area (TPSA) is 0 Å². The molecule has 0 aromatic heterocycles. The maximum Gasteiger partial charge on any atom is 0.00957 e. The van der Waals surface area contributed by atoms with Gasteiger partial charge in [0.15, 0.2) is 0 Å². The minimum absolute atomic E-state index is 0.00305. The average molecular weight is 589 g/mol. The van der Waals surface area contributed by atoms with Crippen LogP contribution < -0.4 is 0 Å². The summed E-state index contributed by atoms with van der Waals surface area (Å²) in [5.74, 6) is 0.308. The molecule has 2 aromatic rings. The van der Waals surface area contributed by atoms with Crippen molar-refractivity contribution in [1.29, 1.82) is 0 Å². The van der Waals surface area contributed by atoms with Gasteiger partial charge in [0.1, 0.15) is 0 Å². The van der Waals surface area contributed by atoms with Gasteiger partial charge in [0.05, 0.1) is 0 Å². The summed E-state index contributed by atoms with van der Waals surface area (Å²) in [7, 11) is 0. The molecule has 0 aliphatic carbocycles. The van der Waals surface area contributed by atoms with Crippen LogP contribution in [-0.4, -0.2) is 0 Å². The highest BCUT2D eigenvalue weighted by atomic mass is 14.4. The maximum atomic E-state index is 2.68. The maximum absolute atomic E-state index is 2.68. The fourth-order valence-corrected chi connectivity index (χ4v) is 7.19. The van der Waals surface area contributed by atoms with E-state index in [0.29, 0.717) is 5.92 Å². The van der Waals surface area contributed by atoms with Crippen molar-refractivity contribution >= 4 is 0 Å². The molecular formula is C43H72. The smallest absolute Gasteiger partial charge is 0.00957 e. The average Bonchev–Trinajstić information content (AvgIpc) is 2.73. The molecule has 43 heavy (non-hydrogen) atoms. The van der Waals surface area contributed by atoms with Crippen LogP contribution in [0.3, 0.4) is 0 Å². The van der Waals surface area contributed by atoms with E-state index in [1.54, 1.807) is 27.8 Å². The molecule has 0 saturated carbocycles. The lowest BCUT2D eigenvalue weighted by Crippen LogP contribution is -2.34. The molecule has 0 aliphatic rings. The van der Waals surface area contributed by atoms with Crippen molar-refractivity contribution in [3.8, 4) is 0 Å². The third kappa shape index (κ3) is 8.00. The summed E-state index contributed by atoms with van der Waals surface area (Å²) in [5, 5.41) is 0. The Morgan fingerprint density at radius 1 is 0.395 bits per heavy atom. The normalized spacial score (nSPS) is 15.2. The summed E-state index contributed by atoms with van der Waals surface area (Å²) >= 11 is 0. The van der Waals surface area contributed by atoms with E-state index in [4.69, 9.17) is 0 Å². The first-order valence-electron chi connectivity index (χ1n) is 17.2. The van der Waals surface area contributed by atoms with Gasteiger partial charge in [-0.25, -0.2) is 0 Å². The van der Waals surface area contributed by atoms with Crippen molar-refractivity contribution in [3.63, 3.8) is 0 Å². The molecule has 244 valence electrons. The van der Waals surface area contributed by atoms with Gasteiger partial charge >= 0.3 is 0 Å². The monoisotopic (exact) mass is 589 g/mol. The van der Waals surface area contributed by atoms with Crippen molar-refractivity contribution in [2.45, 2.75) is 203 Å². The molecule has 0 fully saturated rings. The predicted octanol–water partition coefficient (Wildman–Crippen LogP) is 13.3. The molecule has 2 rings (SSSR count). The molecule has 2 aromatic carbocycles. The zero-order valence-corrected chi connectivity index (χ0v) is 33.0. The quantitative estimate of drug-likeness (QED) is 0.334. The Bertz CT molecular complexity index is 1260. The number of hydrogen-bond acceptors (Lipinski definition) is 0. The number of hydrogen-bond donors (Lipinski definition) is 0. The highest BCUT2D eigenvalue weighted by Gasteiger charge is 2.41. The summed E-state index contributed by atoms with van der Waals surface area (Å²) in [6.07, 6.45) is 1.08. The fourth-order valence-electron chi connectivity index (χ4n) is 7.19. The molecule has 0 saturated heterocycles. The van der Waals surface area contributed by atoms with Crippen LogP contribution >= 0.6 is 0 Å². The third-order valence-corrected chi connectivity index (χ3v) is 9.21. The first-order valence-corrected chi connectivity index (χ1v) is 17.2. The standard InChI is InChI=1S/C43H72/c1-23-28(33-30(38(5,6)7)24-27(37(2,3)4)25-31(33)39(8,9)10)29-26-32(40(11,12)13)35(42(17,18)19)36(43(20,21)22)34(29)41(14,15)16/h24-26,28H,23H2,1-22H3. The second kappa shape index (κ2) is 11.4. The zero-order chi connectivity index (χ0) is 34.1. The van der Waals surface area contributed by atoms with Crippen LogP contribution in [0.2, 0.25) is 0 Å². The van der Waals surface area contributed by atoms with Crippen LogP contribution in [0.15, 0.2) is 18.2 Å². The molecule has 0 N–H and O–H groups in total. The van der Waals surface area contributed by atoms with Crippen molar-refractivity contribution in [2.24, 2.45) is 0 Å². The highest BCUT2D eigenvalue weighted by Crippen LogP contribution is 2.52. The van der Waals surface area contributed by atoms with Crippen molar-refractivity contribution in [2.75, 3.05) is 0 Å².